The van der Waals surface area contributed by atoms with E-state index < -0.39 is 5.82 Å². The summed E-state index contributed by atoms with van der Waals surface area (Å²) in [6, 6.07) is 13.2. The number of hydrogen-bond acceptors (Lipinski definition) is 2. The topological polar surface area (TPSA) is 29.5 Å². The van der Waals surface area contributed by atoms with E-state index in [1.165, 1.54) is 18.2 Å². The van der Waals surface area contributed by atoms with Crippen LogP contribution in [0, 0.1) is 5.82 Å². The maximum atomic E-state index is 13.1. The molecule has 2 aromatic carbocycles. The standard InChI is InChI=1S/C17H15ClFNO2/c1-2-10-20(13-6-4-3-5-7-13)17(21)12-22-14-8-9-16(19)15(18)11-14/h2-9,11H,1,10,12H2. The van der Waals surface area contributed by atoms with Gasteiger partial charge in [-0.25, -0.2) is 4.39 Å². The first-order valence-electron chi connectivity index (χ1n) is 6.66. The Balaban J connectivity index is 2.05. The molecule has 22 heavy (non-hydrogen) atoms. The maximum absolute atomic E-state index is 13.1. The van der Waals surface area contributed by atoms with E-state index in [4.69, 9.17) is 16.3 Å². The van der Waals surface area contributed by atoms with E-state index in [2.05, 4.69) is 6.58 Å². The van der Waals surface area contributed by atoms with Crippen molar-refractivity contribution in [1.82, 2.24) is 0 Å². The molecule has 0 unspecified atom stereocenters. The highest BCUT2D eigenvalue weighted by Crippen LogP contribution is 2.21. The molecule has 0 aliphatic rings. The molecule has 114 valence electrons. The van der Waals surface area contributed by atoms with E-state index in [9.17, 15) is 9.18 Å². The number of hydrogen-bond donors (Lipinski definition) is 0. The zero-order valence-electron chi connectivity index (χ0n) is 11.8. The summed E-state index contributed by atoms with van der Waals surface area (Å²) in [5.41, 5.74) is 0.758. The fourth-order valence-electron chi connectivity index (χ4n) is 1.88. The van der Waals surface area contributed by atoms with Gasteiger partial charge in [0.25, 0.3) is 5.91 Å². The van der Waals surface area contributed by atoms with Crippen LogP contribution in [0.5, 0.6) is 5.75 Å². The summed E-state index contributed by atoms with van der Waals surface area (Å²) >= 11 is 5.67. The fourth-order valence-corrected chi connectivity index (χ4v) is 2.05. The number of anilines is 1. The highest BCUT2D eigenvalue weighted by Gasteiger charge is 2.15. The number of benzene rings is 2. The molecular formula is C17H15ClFNO2. The van der Waals surface area contributed by atoms with Gasteiger partial charge in [-0.2, -0.15) is 0 Å². The van der Waals surface area contributed by atoms with E-state index in [-0.39, 0.29) is 17.5 Å². The molecule has 0 radical (unpaired) electrons. The summed E-state index contributed by atoms with van der Waals surface area (Å²) in [4.78, 5) is 13.9. The number of ether oxygens (including phenoxy) is 1. The molecule has 0 saturated carbocycles. The van der Waals surface area contributed by atoms with Crippen molar-refractivity contribution in [3.63, 3.8) is 0 Å². The lowest BCUT2D eigenvalue weighted by Gasteiger charge is -2.21. The van der Waals surface area contributed by atoms with Gasteiger partial charge in [0, 0.05) is 18.3 Å². The molecule has 0 bridgehead atoms. The number of para-hydroxylation sites is 1. The molecular weight excluding hydrogens is 305 g/mol. The van der Waals surface area contributed by atoms with Crippen molar-refractivity contribution >= 4 is 23.2 Å². The van der Waals surface area contributed by atoms with Gasteiger partial charge in [0.05, 0.1) is 5.02 Å². The second-order valence-corrected chi connectivity index (χ2v) is 4.90. The van der Waals surface area contributed by atoms with Gasteiger partial charge in [-0.1, -0.05) is 35.9 Å². The Morgan fingerprint density at radius 3 is 2.64 bits per heavy atom. The molecule has 2 aromatic rings. The summed E-state index contributed by atoms with van der Waals surface area (Å²) in [7, 11) is 0. The molecule has 0 aromatic heterocycles. The average molecular weight is 320 g/mol. The van der Waals surface area contributed by atoms with Gasteiger partial charge >= 0.3 is 0 Å². The molecule has 2 rings (SSSR count). The number of carbonyl (C=O) groups is 1. The maximum Gasteiger partial charge on any atom is 0.265 e. The highest BCUT2D eigenvalue weighted by molar-refractivity contribution is 6.30. The summed E-state index contributed by atoms with van der Waals surface area (Å²) < 4.78 is 18.4. The first kappa shape index (κ1) is 16.0. The monoisotopic (exact) mass is 319 g/mol. The Labute approximate surface area is 133 Å². The molecule has 0 aliphatic heterocycles. The highest BCUT2D eigenvalue weighted by atomic mass is 35.5. The van der Waals surface area contributed by atoms with Gasteiger partial charge < -0.3 is 9.64 Å². The third kappa shape index (κ3) is 4.09. The molecule has 0 saturated heterocycles. The Morgan fingerprint density at radius 2 is 2.00 bits per heavy atom. The zero-order valence-corrected chi connectivity index (χ0v) is 12.6. The molecule has 0 atom stereocenters. The summed E-state index contributed by atoms with van der Waals surface area (Å²) in [5.74, 6) is -0.421. The Hall–Kier alpha value is -2.33. The number of carbonyl (C=O) groups excluding carboxylic acids is 1. The third-order valence-electron chi connectivity index (χ3n) is 2.93. The van der Waals surface area contributed by atoms with Crippen molar-refractivity contribution in [2.75, 3.05) is 18.1 Å². The average Bonchev–Trinajstić information content (AvgIpc) is 2.54. The zero-order chi connectivity index (χ0) is 15.9. The largest absolute Gasteiger partial charge is 0.484 e. The third-order valence-corrected chi connectivity index (χ3v) is 3.22. The Kier molecular flexibility index (Phi) is 5.55. The van der Waals surface area contributed by atoms with Crippen molar-refractivity contribution in [3.8, 4) is 5.75 Å². The van der Waals surface area contributed by atoms with Crippen LogP contribution in [0.1, 0.15) is 0 Å². The first-order valence-corrected chi connectivity index (χ1v) is 7.04. The van der Waals surface area contributed by atoms with Crippen LogP contribution in [-0.2, 0) is 4.79 Å². The second-order valence-electron chi connectivity index (χ2n) is 4.49. The molecule has 0 spiro atoms. The molecule has 0 fully saturated rings. The van der Waals surface area contributed by atoms with Gasteiger partial charge in [0.15, 0.2) is 6.61 Å². The van der Waals surface area contributed by atoms with Crippen molar-refractivity contribution in [3.05, 3.63) is 72.0 Å². The van der Waals surface area contributed by atoms with Crippen LogP contribution in [0.25, 0.3) is 0 Å². The Morgan fingerprint density at radius 1 is 1.27 bits per heavy atom. The quantitative estimate of drug-likeness (QED) is 0.751. The van der Waals surface area contributed by atoms with E-state index in [0.29, 0.717) is 12.3 Å². The van der Waals surface area contributed by atoms with Crippen LogP contribution in [-0.4, -0.2) is 19.1 Å². The summed E-state index contributed by atoms with van der Waals surface area (Å²) in [6.45, 7) is 3.85. The van der Waals surface area contributed by atoms with Gasteiger partial charge in [-0.3, -0.25) is 4.79 Å². The SMILES string of the molecule is C=CCN(C(=O)COc1ccc(F)c(Cl)c1)c1ccccc1. The normalized spacial score (nSPS) is 10.1. The predicted molar refractivity (Wildman–Crippen MR) is 85.9 cm³/mol. The number of rotatable bonds is 6. The molecule has 3 nitrogen and oxygen atoms in total. The van der Waals surface area contributed by atoms with Gasteiger partial charge in [-0.15, -0.1) is 6.58 Å². The van der Waals surface area contributed by atoms with Crippen LogP contribution < -0.4 is 9.64 Å². The van der Waals surface area contributed by atoms with Crippen LogP contribution in [0.15, 0.2) is 61.2 Å². The van der Waals surface area contributed by atoms with Crippen LogP contribution in [0.2, 0.25) is 5.02 Å². The van der Waals surface area contributed by atoms with E-state index in [1.54, 1.807) is 11.0 Å². The molecule has 5 heteroatoms. The first-order chi connectivity index (χ1) is 10.6. The minimum Gasteiger partial charge on any atom is -0.484 e. The molecule has 0 N–H and O–H groups in total. The minimum atomic E-state index is -0.530. The van der Waals surface area contributed by atoms with E-state index in [1.807, 2.05) is 30.3 Å². The number of nitrogens with zero attached hydrogens (tertiary/aromatic N) is 1. The summed E-state index contributed by atoms with van der Waals surface area (Å²) in [5, 5.41) is -0.0454. The Bertz CT molecular complexity index is 661. The lowest BCUT2D eigenvalue weighted by Crippen LogP contribution is -2.35. The van der Waals surface area contributed by atoms with Crippen molar-refractivity contribution in [2.24, 2.45) is 0 Å². The number of amides is 1. The smallest absolute Gasteiger partial charge is 0.265 e. The minimum absolute atomic E-state index is 0.0454. The fraction of sp³-hybridized carbons (Fsp3) is 0.118. The van der Waals surface area contributed by atoms with E-state index in [0.717, 1.165) is 5.69 Å². The van der Waals surface area contributed by atoms with Crippen LogP contribution in [0.4, 0.5) is 10.1 Å². The lowest BCUT2D eigenvalue weighted by atomic mass is 10.3. The summed E-state index contributed by atoms with van der Waals surface area (Å²) in [6.07, 6.45) is 1.64. The van der Waals surface area contributed by atoms with Crippen molar-refractivity contribution in [2.45, 2.75) is 0 Å². The van der Waals surface area contributed by atoms with Gasteiger partial charge in [0.1, 0.15) is 11.6 Å². The molecule has 1 amide bonds. The van der Waals surface area contributed by atoms with Crippen LogP contribution >= 0.6 is 11.6 Å². The van der Waals surface area contributed by atoms with Crippen LogP contribution in [0.3, 0.4) is 0 Å². The van der Waals surface area contributed by atoms with Gasteiger partial charge in [-0.05, 0) is 24.3 Å². The lowest BCUT2D eigenvalue weighted by molar-refractivity contribution is -0.120. The molecule has 0 aliphatic carbocycles. The number of halogens is 2. The van der Waals surface area contributed by atoms with E-state index >= 15 is 0 Å². The molecule has 0 heterocycles. The second kappa shape index (κ2) is 7.61. The van der Waals surface area contributed by atoms with Crippen molar-refractivity contribution in [1.29, 1.82) is 0 Å². The van der Waals surface area contributed by atoms with Gasteiger partial charge in [0.2, 0.25) is 0 Å². The van der Waals surface area contributed by atoms with Crippen molar-refractivity contribution < 1.29 is 13.9 Å². The predicted octanol–water partition coefficient (Wildman–Crippen LogP) is 4.08.